The molecule has 2 rings (SSSR count). The lowest BCUT2D eigenvalue weighted by Gasteiger charge is -2.20. The van der Waals surface area contributed by atoms with Gasteiger partial charge in [-0.25, -0.2) is 0 Å². The summed E-state index contributed by atoms with van der Waals surface area (Å²) < 4.78 is 0. The Morgan fingerprint density at radius 3 is 2.62 bits per heavy atom. The van der Waals surface area contributed by atoms with Crippen LogP contribution in [-0.2, 0) is 0 Å². The van der Waals surface area contributed by atoms with E-state index in [9.17, 15) is 5.11 Å². The summed E-state index contributed by atoms with van der Waals surface area (Å²) in [4.78, 5) is 0. The summed E-state index contributed by atoms with van der Waals surface area (Å²) in [6.07, 6.45) is 0.882. The molecule has 0 amide bonds. The van der Waals surface area contributed by atoms with Crippen molar-refractivity contribution in [1.82, 2.24) is 10.6 Å². The summed E-state index contributed by atoms with van der Waals surface area (Å²) in [6, 6.07) is 0.528. The van der Waals surface area contributed by atoms with Gasteiger partial charge in [-0.2, -0.15) is 0 Å². The smallest absolute Gasteiger partial charge is 0.130 e. The number of aliphatic hydroxyl groups is 1. The molecule has 0 saturated carbocycles. The van der Waals surface area contributed by atoms with Gasteiger partial charge in [0, 0.05) is 25.6 Å². The minimum Gasteiger partial charge on any atom is -0.374 e. The van der Waals surface area contributed by atoms with Crippen LogP contribution in [0, 0.1) is 0 Å². The first kappa shape index (κ1) is 4.73. The summed E-state index contributed by atoms with van der Waals surface area (Å²) in [5.74, 6) is 0. The third kappa shape index (κ3) is 0.491. The minimum atomic E-state index is -0.551. The Labute approximate surface area is 48.1 Å². The van der Waals surface area contributed by atoms with Crippen LogP contribution in [0.1, 0.15) is 6.42 Å². The van der Waals surface area contributed by atoms with Crippen LogP contribution in [0.5, 0.6) is 0 Å². The zero-order chi connectivity index (χ0) is 5.61. The van der Waals surface area contributed by atoms with Crippen molar-refractivity contribution in [1.29, 1.82) is 0 Å². The van der Waals surface area contributed by atoms with Crippen molar-refractivity contribution in [3.05, 3.63) is 0 Å². The van der Waals surface area contributed by atoms with Crippen LogP contribution in [0.15, 0.2) is 0 Å². The van der Waals surface area contributed by atoms with Crippen LogP contribution >= 0.6 is 0 Å². The largest absolute Gasteiger partial charge is 0.374 e. The summed E-state index contributed by atoms with van der Waals surface area (Å²) in [5, 5.41) is 15.6. The Morgan fingerprint density at radius 1 is 1.62 bits per heavy atom. The van der Waals surface area contributed by atoms with Crippen LogP contribution in [0.2, 0.25) is 0 Å². The van der Waals surface area contributed by atoms with Gasteiger partial charge in [0.1, 0.15) is 5.72 Å². The molecule has 2 atom stereocenters. The zero-order valence-electron chi connectivity index (χ0n) is 4.65. The molecule has 2 fully saturated rings. The maximum atomic E-state index is 9.37. The van der Waals surface area contributed by atoms with Gasteiger partial charge in [0.05, 0.1) is 0 Å². The van der Waals surface area contributed by atoms with Crippen LogP contribution in [0.3, 0.4) is 0 Å². The molecule has 3 nitrogen and oxygen atoms in total. The standard InChI is InChI=1S/C5H10N2O/c8-5-1-4(2-7-5)6-3-5/h4,6-8H,1-3H2. The topological polar surface area (TPSA) is 44.3 Å². The van der Waals surface area contributed by atoms with Crippen molar-refractivity contribution in [3.8, 4) is 0 Å². The number of hydrogen-bond donors (Lipinski definition) is 3. The lowest BCUT2D eigenvalue weighted by molar-refractivity contribution is 0.0402. The zero-order valence-corrected chi connectivity index (χ0v) is 4.65. The van der Waals surface area contributed by atoms with Crippen molar-refractivity contribution >= 4 is 0 Å². The fourth-order valence-corrected chi connectivity index (χ4v) is 1.46. The second-order valence-electron chi connectivity index (χ2n) is 2.69. The molecule has 3 heteroatoms. The Balaban J connectivity index is 2.19. The molecule has 2 aliphatic heterocycles. The third-order valence-corrected chi connectivity index (χ3v) is 1.94. The molecule has 3 N–H and O–H groups in total. The number of β-amino-alcohol motifs (C(OH)–C–C–N with tert-alkyl or cyclic N) is 1. The van der Waals surface area contributed by atoms with Gasteiger partial charge in [-0.3, -0.25) is 5.32 Å². The van der Waals surface area contributed by atoms with E-state index >= 15 is 0 Å². The van der Waals surface area contributed by atoms with Gasteiger partial charge in [-0.1, -0.05) is 0 Å². The van der Waals surface area contributed by atoms with Gasteiger partial charge < -0.3 is 10.4 Å². The van der Waals surface area contributed by atoms with Gasteiger partial charge in [0.15, 0.2) is 0 Å². The normalized spacial score (nSPS) is 52.9. The first-order valence-electron chi connectivity index (χ1n) is 2.99. The van der Waals surface area contributed by atoms with Crippen molar-refractivity contribution in [2.45, 2.75) is 18.2 Å². The van der Waals surface area contributed by atoms with Gasteiger partial charge >= 0.3 is 0 Å². The minimum absolute atomic E-state index is 0.528. The van der Waals surface area contributed by atoms with E-state index in [1.807, 2.05) is 0 Å². The molecular formula is C5H10N2O. The lowest BCUT2D eigenvalue weighted by Crippen LogP contribution is -2.49. The maximum absolute atomic E-state index is 9.37. The molecule has 0 aromatic carbocycles. The Morgan fingerprint density at radius 2 is 2.50 bits per heavy atom. The molecule has 0 aromatic heterocycles. The quantitative estimate of drug-likeness (QED) is 0.364. The summed E-state index contributed by atoms with van der Waals surface area (Å²) in [5.41, 5.74) is -0.551. The van der Waals surface area contributed by atoms with Crippen LogP contribution < -0.4 is 10.6 Å². The van der Waals surface area contributed by atoms with E-state index in [2.05, 4.69) is 10.6 Å². The molecule has 46 valence electrons. The highest BCUT2D eigenvalue weighted by atomic mass is 16.3. The molecule has 0 aliphatic carbocycles. The molecular weight excluding hydrogens is 104 g/mol. The van der Waals surface area contributed by atoms with Crippen molar-refractivity contribution in [2.24, 2.45) is 0 Å². The fourth-order valence-electron chi connectivity index (χ4n) is 1.46. The number of rotatable bonds is 0. The Bertz CT molecular complexity index is 107. The number of piperazine rings is 1. The SMILES string of the molecule is OC12CNC(CN1)C2. The Hall–Kier alpha value is -0.120. The highest BCUT2D eigenvalue weighted by Gasteiger charge is 2.42. The third-order valence-electron chi connectivity index (χ3n) is 1.94. The second-order valence-corrected chi connectivity index (χ2v) is 2.69. The van der Waals surface area contributed by atoms with E-state index < -0.39 is 5.72 Å². The number of fused-ring (bicyclic) bond motifs is 2. The average molecular weight is 114 g/mol. The van der Waals surface area contributed by atoms with Crippen LogP contribution in [-0.4, -0.2) is 30.0 Å². The number of hydrogen-bond acceptors (Lipinski definition) is 3. The highest BCUT2D eigenvalue weighted by Crippen LogP contribution is 2.21. The average Bonchev–Trinajstić information content (AvgIpc) is 2.21. The maximum Gasteiger partial charge on any atom is 0.130 e. The Kier molecular flexibility index (Phi) is 0.730. The number of nitrogens with one attached hydrogen (secondary N) is 2. The van der Waals surface area contributed by atoms with E-state index in [4.69, 9.17) is 0 Å². The van der Waals surface area contributed by atoms with E-state index in [0.717, 1.165) is 19.5 Å². The van der Waals surface area contributed by atoms with Crippen LogP contribution in [0.25, 0.3) is 0 Å². The molecule has 0 spiro atoms. The first-order valence-corrected chi connectivity index (χ1v) is 2.99. The molecule has 2 unspecified atom stereocenters. The molecule has 2 saturated heterocycles. The van der Waals surface area contributed by atoms with Gasteiger partial charge in [0.25, 0.3) is 0 Å². The summed E-state index contributed by atoms with van der Waals surface area (Å²) in [6.45, 7) is 1.65. The highest BCUT2D eigenvalue weighted by molar-refractivity contribution is 5.00. The molecule has 0 radical (unpaired) electrons. The molecule has 2 aliphatic rings. The molecule has 0 aromatic rings. The van der Waals surface area contributed by atoms with E-state index in [-0.39, 0.29) is 0 Å². The fraction of sp³-hybridized carbons (Fsp3) is 1.00. The first-order chi connectivity index (χ1) is 3.79. The summed E-state index contributed by atoms with van der Waals surface area (Å²) in [7, 11) is 0. The van der Waals surface area contributed by atoms with Gasteiger partial charge in [-0.15, -0.1) is 0 Å². The lowest BCUT2D eigenvalue weighted by atomic mass is 10.2. The van der Waals surface area contributed by atoms with Crippen molar-refractivity contribution < 1.29 is 5.11 Å². The van der Waals surface area contributed by atoms with Gasteiger partial charge in [0.2, 0.25) is 0 Å². The summed E-state index contributed by atoms with van der Waals surface area (Å²) >= 11 is 0. The van der Waals surface area contributed by atoms with Crippen LogP contribution in [0.4, 0.5) is 0 Å². The van der Waals surface area contributed by atoms with Crippen molar-refractivity contribution in [2.75, 3.05) is 13.1 Å². The predicted molar refractivity (Wildman–Crippen MR) is 29.4 cm³/mol. The second kappa shape index (κ2) is 1.23. The molecule has 2 heterocycles. The van der Waals surface area contributed by atoms with Gasteiger partial charge in [-0.05, 0) is 0 Å². The molecule has 2 bridgehead atoms. The molecule has 8 heavy (non-hydrogen) atoms. The van der Waals surface area contributed by atoms with E-state index in [1.165, 1.54) is 0 Å². The predicted octanol–water partition coefficient (Wildman–Crippen LogP) is -1.36. The monoisotopic (exact) mass is 114 g/mol. The van der Waals surface area contributed by atoms with Crippen molar-refractivity contribution in [3.63, 3.8) is 0 Å². The van der Waals surface area contributed by atoms with E-state index in [1.54, 1.807) is 0 Å². The van der Waals surface area contributed by atoms with E-state index in [0.29, 0.717) is 6.04 Å².